The summed E-state index contributed by atoms with van der Waals surface area (Å²) in [4.78, 5) is 39.4. The monoisotopic (exact) mass is 488 g/mol. The number of anilines is 2. The molecule has 0 aliphatic carbocycles. The number of piperidine rings is 1. The number of carbonyl (C=O) groups is 2. The SMILES string of the molecule is COC(=O)N1CCC[C@H](C(=O)Nc2cc(-c3cncc(NCC4CCOCC4)n3)c(Cl)cn2)C1. The van der Waals surface area contributed by atoms with Crippen LogP contribution in [0, 0.1) is 11.8 Å². The quantitative estimate of drug-likeness (QED) is 0.634. The first-order valence-electron chi connectivity index (χ1n) is 11.5. The Morgan fingerprint density at radius 3 is 2.82 bits per heavy atom. The Morgan fingerprint density at radius 2 is 2.03 bits per heavy atom. The van der Waals surface area contributed by atoms with Crippen LogP contribution in [-0.4, -0.2) is 71.8 Å². The van der Waals surface area contributed by atoms with Gasteiger partial charge in [0, 0.05) is 44.6 Å². The number of nitrogens with one attached hydrogen (secondary N) is 2. The van der Waals surface area contributed by atoms with Gasteiger partial charge >= 0.3 is 6.09 Å². The van der Waals surface area contributed by atoms with Crippen molar-refractivity contribution < 1.29 is 19.1 Å². The number of likely N-dealkylation sites (tertiary alicyclic amines) is 1. The fourth-order valence-corrected chi connectivity index (χ4v) is 4.40. The maximum absolute atomic E-state index is 12.8. The van der Waals surface area contributed by atoms with E-state index in [9.17, 15) is 9.59 Å². The number of pyridine rings is 1. The Bertz CT molecular complexity index is 1020. The van der Waals surface area contributed by atoms with Gasteiger partial charge in [0.25, 0.3) is 0 Å². The first kappa shape index (κ1) is 24.2. The molecule has 4 heterocycles. The van der Waals surface area contributed by atoms with E-state index in [1.54, 1.807) is 23.4 Å². The molecule has 2 saturated heterocycles. The van der Waals surface area contributed by atoms with Crippen LogP contribution in [0.3, 0.4) is 0 Å². The van der Waals surface area contributed by atoms with Crippen LogP contribution in [-0.2, 0) is 14.3 Å². The van der Waals surface area contributed by atoms with Crippen molar-refractivity contribution in [1.29, 1.82) is 0 Å². The van der Waals surface area contributed by atoms with Crippen LogP contribution in [0.2, 0.25) is 5.02 Å². The van der Waals surface area contributed by atoms with Gasteiger partial charge in [0.15, 0.2) is 0 Å². The molecule has 0 radical (unpaired) electrons. The average Bonchev–Trinajstić information content (AvgIpc) is 2.89. The van der Waals surface area contributed by atoms with Crippen LogP contribution in [0.15, 0.2) is 24.7 Å². The molecule has 0 aromatic carbocycles. The topological polar surface area (TPSA) is 119 Å². The summed E-state index contributed by atoms with van der Waals surface area (Å²) in [5, 5.41) is 6.60. The minimum Gasteiger partial charge on any atom is -0.453 e. The Labute approximate surface area is 203 Å². The van der Waals surface area contributed by atoms with Gasteiger partial charge in [0.2, 0.25) is 5.91 Å². The Hall–Kier alpha value is -2.98. The van der Waals surface area contributed by atoms with Crippen molar-refractivity contribution in [3.8, 4) is 11.3 Å². The number of hydrogen-bond acceptors (Lipinski definition) is 8. The molecule has 2 aromatic heterocycles. The molecule has 0 unspecified atom stereocenters. The number of halogens is 1. The molecular formula is C23H29ClN6O4. The summed E-state index contributed by atoms with van der Waals surface area (Å²) in [7, 11) is 1.34. The zero-order valence-electron chi connectivity index (χ0n) is 19.1. The maximum Gasteiger partial charge on any atom is 0.409 e. The van der Waals surface area contributed by atoms with E-state index in [0.29, 0.717) is 53.3 Å². The number of hydrogen-bond donors (Lipinski definition) is 2. The Morgan fingerprint density at radius 1 is 1.21 bits per heavy atom. The Balaban J connectivity index is 1.42. The van der Waals surface area contributed by atoms with E-state index in [0.717, 1.165) is 39.0 Å². The average molecular weight is 489 g/mol. The van der Waals surface area contributed by atoms with Gasteiger partial charge in [-0.2, -0.15) is 0 Å². The third kappa shape index (κ3) is 6.12. The van der Waals surface area contributed by atoms with Crippen molar-refractivity contribution >= 4 is 35.2 Å². The van der Waals surface area contributed by atoms with Crippen molar-refractivity contribution in [2.45, 2.75) is 25.7 Å². The highest BCUT2D eigenvalue weighted by molar-refractivity contribution is 6.33. The first-order valence-corrected chi connectivity index (χ1v) is 11.8. The molecule has 0 spiro atoms. The molecule has 2 aromatic rings. The molecule has 34 heavy (non-hydrogen) atoms. The van der Waals surface area contributed by atoms with Gasteiger partial charge in [-0.15, -0.1) is 0 Å². The van der Waals surface area contributed by atoms with Crippen molar-refractivity contribution in [3.63, 3.8) is 0 Å². The van der Waals surface area contributed by atoms with Crippen molar-refractivity contribution in [2.75, 3.05) is 50.6 Å². The molecule has 2 fully saturated rings. The lowest BCUT2D eigenvalue weighted by atomic mass is 9.97. The second-order valence-electron chi connectivity index (χ2n) is 8.52. The van der Waals surface area contributed by atoms with Gasteiger partial charge in [-0.1, -0.05) is 11.6 Å². The molecule has 2 aliphatic rings. The van der Waals surface area contributed by atoms with Gasteiger partial charge in [0.1, 0.15) is 11.6 Å². The maximum atomic E-state index is 12.8. The fraction of sp³-hybridized carbons (Fsp3) is 0.522. The molecule has 10 nitrogen and oxygen atoms in total. The smallest absolute Gasteiger partial charge is 0.409 e. The normalized spacial score (nSPS) is 18.9. The standard InChI is InChI=1S/C23H29ClN6O4/c1-33-23(32)30-6-2-3-16(14-30)22(31)29-20-9-17(18(24)11-27-20)19-12-25-13-21(28-19)26-10-15-4-7-34-8-5-15/h9,11-13,15-16H,2-8,10,14H2,1H3,(H,26,28)(H,27,29,31)/t16-/m0/s1. The summed E-state index contributed by atoms with van der Waals surface area (Å²) < 4.78 is 10.2. The third-order valence-electron chi connectivity index (χ3n) is 6.15. The lowest BCUT2D eigenvalue weighted by Gasteiger charge is -2.30. The molecule has 2 N–H and O–H groups in total. The summed E-state index contributed by atoms with van der Waals surface area (Å²) in [6, 6.07) is 1.69. The third-order valence-corrected chi connectivity index (χ3v) is 6.46. The van der Waals surface area contributed by atoms with E-state index in [2.05, 4.69) is 25.6 Å². The number of ether oxygens (including phenoxy) is 2. The number of methoxy groups -OCH3 is 1. The van der Waals surface area contributed by atoms with Gasteiger partial charge in [0.05, 0.1) is 36.1 Å². The summed E-state index contributed by atoms with van der Waals surface area (Å²) >= 11 is 6.40. The number of carbonyl (C=O) groups excluding carboxylic acids is 2. The highest BCUT2D eigenvalue weighted by Gasteiger charge is 2.29. The van der Waals surface area contributed by atoms with Crippen LogP contribution in [0.25, 0.3) is 11.3 Å². The number of amides is 2. The van der Waals surface area contributed by atoms with E-state index in [-0.39, 0.29) is 11.8 Å². The molecular weight excluding hydrogens is 460 g/mol. The summed E-state index contributed by atoms with van der Waals surface area (Å²) in [5.74, 6) is 1.02. The summed E-state index contributed by atoms with van der Waals surface area (Å²) in [6.45, 7) is 3.28. The summed E-state index contributed by atoms with van der Waals surface area (Å²) in [5.41, 5.74) is 1.20. The molecule has 2 aliphatic heterocycles. The predicted octanol–water partition coefficient (Wildman–Crippen LogP) is 3.45. The highest BCUT2D eigenvalue weighted by atomic mass is 35.5. The van der Waals surface area contributed by atoms with E-state index < -0.39 is 6.09 Å². The lowest BCUT2D eigenvalue weighted by molar-refractivity contribution is -0.121. The largest absolute Gasteiger partial charge is 0.453 e. The van der Waals surface area contributed by atoms with Crippen LogP contribution in [0.1, 0.15) is 25.7 Å². The fourth-order valence-electron chi connectivity index (χ4n) is 4.20. The van der Waals surface area contributed by atoms with Gasteiger partial charge in [-0.25, -0.2) is 14.8 Å². The van der Waals surface area contributed by atoms with Gasteiger partial charge in [-0.3, -0.25) is 9.78 Å². The number of nitrogens with zero attached hydrogens (tertiary/aromatic N) is 4. The minimum atomic E-state index is -0.423. The molecule has 182 valence electrons. The van der Waals surface area contributed by atoms with E-state index in [1.807, 2.05) is 0 Å². The van der Waals surface area contributed by atoms with Crippen LogP contribution < -0.4 is 10.6 Å². The zero-order chi connectivity index (χ0) is 23.9. The number of aromatic nitrogens is 3. The van der Waals surface area contributed by atoms with Crippen molar-refractivity contribution in [3.05, 3.63) is 29.7 Å². The predicted molar refractivity (Wildman–Crippen MR) is 128 cm³/mol. The van der Waals surface area contributed by atoms with Gasteiger partial charge in [-0.05, 0) is 37.7 Å². The second-order valence-corrected chi connectivity index (χ2v) is 8.93. The zero-order valence-corrected chi connectivity index (χ0v) is 19.9. The van der Waals surface area contributed by atoms with Crippen LogP contribution >= 0.6 is 11.6 Å². The minimum absolute atomic E-state index is 0.202. The molecule has 0 saturated carbocycles. The van der Waals surface area contributed by atoms with E-state index in [1.165, 1.54) is 13.3 Å². The molecule has 1 atom stereocenters. The lowest BCUT2D eigenvalue weighted by Crippen LogP contribution is -2.43. The van der Waals surface area contributed by atoms with Crippen LogP contribution in [0.5, 0.6) is 0 Å². The Kier molecular flexibility index (Phi) is 8.12. The summed E-state index contributed by atoms with van der Waals surface area (Å²) in [6.07, 6.45) is 7.83. The van der Waals surface area contributed by atoms with E-state index in [4.69, 9.17) is 21.1 Å². The first-order chi connectivity index (χ1) is 16.5. The van der Waals surface area contributed by atoms with E-state index >= 15 is 0 Å². The molecule has 0 bridgehead atoms. The second kappa shape index (κ2) is 11.4. The van der Waals surface area contributed by atoms with Crippen molar-refractivity contribution in [2.24, 2.45) is 11.8 Å². The van der Waals surface area contributed by atoms with Crippen molar-refractivity contribution in [1.82, 2.24) is 19.9 Å². The molecule has 4 rings (SSSR count). The number of rotatable bonds is 6. The molecule has 2 amide bonds. The highest BCUT2D eigenvalue weighted by Crippen LogP contribution is 2.29. The van der Waals surface area contributed by atoms with Crippen LogP contribution in [0.4, 0.5) is 16.4 Å². The van der Waals surface area contributed by atoms with Gasteiger partial charge < -0.3 is 25.0 Å². The molecule has 11 heteroatoms.